The van der Waals surface area contributed by atoms with E-state index in [4.69, 9.17) is 0 Å². The van der Waals surface area contributed by atoms with E-state index >= 15 is 0 Å². The minimum atomic E-state index is -4.30. The highest BCUT2D eigenvalue weighted by atomic mass is 19.4. The molecule has 0 bridgehead atoms. The van der Waals surface area contributed by atoms with E-state index in [1.807, 2.05) is 0 Å². The van der Waals surface area contributed by atoms with Crippen molar-refractivity contribution < 1.29 is 17.6 Å². The lowest BCUT2D eigenvalue weighted by molar-refractivity contribution is -0.137. The van der Waals surface area contributed by atoms with Crippen LogP contribution in [0.15, 0.2) is 24.3 Å². The molecule has 3 rings (SSSR count). The normalized spacial score (nSPS) is 33.0. The van der Waals surface area contributed by atoms with Gasteiger partial charge in [0, 0.05) is 31.7 Å². The van der Waals surface area contributed by atoms with E-state index in [1.54, 1.807) is 6.92 Å². The second-order valence-electron chi connectivity index (χ2n) is 6.70. The van der Waals surface area contributed by atoms with Crippen LogP contribution < -0.4 is 5.32 Å². The molecule has 0 aliphatic carbocycles. The molecule has 0 spiro atoms. The molecule has 22 heavy (non-hydrogen) atoms. The van der Waals surface area contributed by atoms with Crippen molar-refractivity contribution in [3.05, 3.63) is 35.4 Å². The molecule has 6 heteroatoms. The minimum absolute atomic E-state index is 0.155. The summed E-state index contributed by atoms with van der Waals surface area (Å²) in [6, 6.07) is 5.69. The van der Waals surface area contributed by atoms with Crippen LogP contribution in [0.25, 0.3) is 0 Å². The maximum absolute atomic E-state index is 14.0. The Balaban J connectivity index is 1.60. The Labute approximate surface area is 127 Å². The van der Waals surface area contributed by atoms with Crippen LogP contribution in [0, 0.1) is 0 Å². The fourth-order valence-electron chi connectivity index (χ4n) is 3.55. The summed E-state index contributed by atoms with van der Waals surface area (Å²) in [5.41, 5.74) is -0.887. The van der Waals surface area contributed by atoms with E-state index in [1.165, 1.54) is 12.1 Å². The van der Waals surface area contributed by atoms with Crippen LogP contribution in [-0.2, 0) is 12.6 Å². The van der Waals surface area contributed by atoms with Crippen LogP contribution in [0.2, 0.25) is 0 Å². The number of benzene rings is 1. The summed E-state index contributed by atoms with van der Waals surface area (Å²) in [7, 11) is 0. The van der Waals surface area contributed by atoms with Crippen molar-refractivity contribution in [2.24, 2.45) is 0 Å². The van der Waals surface area contributed by atoms with Crippen LogP contribution in [0.3, 0.4) is 0 Å². The van der Waals surface area contributed by atoms with Crippen LogP contribution >= 0.6 is 0 Å². The van der Waals surface area contributed by atoms with Gasteiger partial charge in [0.05, 0.1) is 5.56 Å². The third-order valence-corrected chi connectivity index (χ3v) is 4.57. The highest BCUT2D eigenvalue weighted by Crippen LogP contribution is 2.32. The lowest BCUT2D eigenvalue weighted by Crippen LogP contribution is -2.54. The molecule has 2 aliphatic rings. The summed E-state index contributed by atoms with van der Waals surface area (Å²) in [5, 5.41) is 3.39. The minimum Gasteiger partial charge on any atom is -0.311 e. The molecule has 3 atom stereocenters. The Morgan fingerprint density at radius 2 is 1.95 bits per heavy atom. The first-order valence-corrected chi connectivity index (χ1v) is 7.55. The third-order valence-electron chi connectivity index (χ3n) is 4.57. The van der Waals surface area contributed by atoms with E-state index in [9.17, 15) is 17.6 Å². The number of nitrogens with one attached hydrogen (secondary N) is 1. The summed E-state index contributed by atoms with van der Waals surface area (Å²) in [6.45, 7) is 3.56. The van der Waals surface area contributed by atoms with Gasteiger partial charge in [-0.25, -0.2) is 4.39 Å². The Morgan fingerprint density at radius 1 is 1.27 bits per heavy atom. The van der Waals surface area contributed by atoms with E-state index < -0.39 is 17.4 Å². The molecule has 0 saturated carbocycles. The number of halogens is 4. The lowest BCUT2D eigenvalue weighted by atomic mass is 10.0. The average molecular weight is 316 g/mol. The first kappa shape index (κ1) is 15.7. The van der Waals surface area contributed by atoms with Gasteiger partial charge in [0.2, 0.25) is 0 Å². The number of piperazine rings is 1. The number of alkyl halides is 4. The van der Waals surface area contributed by atoms with E-state index in [0.717, 1.165) is 30.8 Å². The SMILES string of the molecule is CC1(F)CC2CNC(Cc3ccc(C(F)(F)F)cc3)CN2C1. The molecule has 0 radical (unpaired) electrons. The molecule has 3 unspecified atom stereocenters. The Morgan fingerprint density at radius 3 is 2.59 bits per heavy atom. The van der Waals surface area contributed by atoms with Crippen LogP contribution in [0.5, 0.6) is 0 Å². The third kappa shape index (κ3) is 3.43. The van der Waals surface area contributed by atoms with Gasteiger partial charge >= 0.3 is 6.18 Å². The van der Waals surface area contributed by atoms with Crippen LogP contribution in [-0.4, -0.2) is 42.3 Å². The topological polar surface area (TPSA) is 15.3 Å². The van der Waals surface area contributed by atoms with Gasteiger partial charge in [0.1, 0.15) is 5.67 Å². The predicted octanol–water partition coefficient (Wildman–Crippen LogP) is 3.02. The van der Waals surface area contributed by atoms with Gasteiger partial charge in [-0.3, -0.25) is 4.90 Å². The van der Waals surface area contributed by atoms with Crippen molar-refractivity contribution in [1.82, 2.24) is 10.2 Å². The Hall–Kier alpha value is -1.14. The number of rotatable bonds is 2. The average Bonchev–Trinajstić information content (AvgIpc) is 2.71. The smallest absolute Gasteiger partial charge is 0.311 e. The summed E-state index contributed by atoms with van der Waals surface area (Å²) in [4.78, 5) is 2.16. The summed E-state index contributed by atoms with van der Waals surface area (Å²) < 4.78 is 51.7. The Bertz CT molecular complexity index is 524. The molecule has 0 amide bonds. The number of hydrogen-bond donors (Lipinski definition) is 1. The highest BCUT2D eigenvalue weighted by Gasteiger charge is 2.43. The number of nitrogens with zero attached hydrogens (tertiary/aromatic N) is 1. The zero-order chi connectivity index (χ0) is 16.0. The first-order chi connectivity index (χ1) is 10.2. The van der Waals surface area contributed by atoms with Crippen LogP contribution in [0.1, 0.15) is 24.5 Å². The quantitative estimate of drug-likeness (QED) is 0.844. The van der Waals surface area contributed by atoms with E-state index in [0.29, 0.717) is 19.4 Å². The van der Waals surface area contributed by atoms with Crippen LogP contribution in [0.4, 0.5) is 17.6 Å². The molecular formula is C16H20F4N2. The summed E-state index contributed by atoms with van der Waals surface area (Å²) in [5.74, 6) is 0. The van der Waals surface area contributed by atoms with Gasteiger partial charge in [-0.05, 0) is 37.5 Å². The molecule has 0 aromatic heterocycles. The fourth-order valence-corrected chi connectivity index (χ4v) is 3.55. The number of fused-ring (bicyclic) bond motifs is 1. The first-order valence-electron chi connectivity index (χ1n) is 7.55. The van der Waals surface area contributed by atoms with E-state index in [2.05, 4.69) is 10.2 Å². The van der Waals surface area contributed by atoms with Crippen molar-refractivity contribution >= 4 is 0 Å². The van der Waals surface area contributed by atoms with Crippen molar-refractivity contribution in [2.75, 3.05) is 19.6 Å². The highest BCUT2D eigenvalue weighted by molar-refractivity contribution is 5.25. The molecule has 2 heterocycles. The van der Waals surface area contributed by atoms with Crippen molar-refractivity contribution in [3.63, 3.8) is 0 Å². The van der Waals surface area contributed by atoms with Gasteiger partial charge in [-0.2, -0.15) is 13.2 Å². The largest absolute Gasteiger partial charge is 0.416 e. The van der Waals surface area contributed by atoms with Crippen molar-refractivity contribution in [2.45, 2.75) is 43.7 Å². The van der Waals surface area contributed by atoms with E-state index in [-0.39, 0.29) is 12.1 Å². The Kier molecular flexibility index (Phi) is 3.93. The maximum Gasteiger partial charge on any atom is 0.416 e. The van der Waals surface area contributed by atoms with Gasteiger partial charge in [0.15, 0.2) is 0 Å². The standard InChI is InChI=1S/C16H20F4N2/c1-15(17)7-14-8-21-13(9-22(14)10-15)6-11-2-4-12(5-3-11)16(18,19)20/h2-5,13-14,21H,6-10H2,1H3. The predicted molar refractivity (Wildman–Crippen MR) is 76.4 cm³/mol. The van der Waals surface area contributed by atoms with Gasteiger partial charge in [0.25, 0.3) is 0 Å². The zero-order valence-electron chi connectivity index (χ0n) is 12.5. The maximum atomic E-state index is 14.0. The summed E-state index contributed by atoms with van der Waals surface area (Å²) >= 11 is 0. The van der Waals surface area contributed by atoms with Gasteiger partial charge < -0.3 is 5.32 Å². The molecule has 2 nitrogen and oxygen atoms in total. The molecular weight excluding hydrogens is 296 g/mol. The second-order valence-corrected chi connectivity index (χ2v) is 6.70. The molecule has 122 valence electrons. The zero-order valence-corrected chi connectivity index (χ0v) is 12.5. The second kappa shape index (κ2) is 5.49. The molecule has 1 N–H and O–H groups in total. The lowest BCUT2D eigenvalue weighted by Gasteiger charge is -2.35. The number of hydrogen-bond acceptors (Lipinski definition) is 2. The van der Waals surface area contributed by atoms with Gasteiger partial charge in [-0.1, -0.05) is 12.1 Å². The molecule has 1 aromatic carbocycles. The van der Waals surface area contributed by atoms with Gasteiger partial charge in [-0.15, -0.1) is 0 Å². The molecule has 2 aliphatic heterocycles. The molecule has 2 saturated heterocycles. The van der Waals surface area contributed by atoms with Crippen molar-refractivity contribution in [1.29, 1.82) is 0 Å². The summed E-state index contributed by atoms with van der Waals surface area (Å²) in [6.07, 6.45) is -3.09. The molecule has 2 fully saturated rings. The monoisotopic (exact) mass is 316 g/mol. The molecule has 1 aromatic rings. The fraction of sp³-hybridized carbons (Fsp3) is 0.625. The van der Waals surface area contributed by atoms with Crippen molar-refractivity contribution in [3.8, 4) is 0 Å².